The number of nitrogens with zero attached hydrogens (tertiary/aromatic N) is 1. The third-order valence-electron chi connectivity index (χ3n) is 2.25. The molecule has 0 unspecified atom stereocenters. The minimum Gasteiger partial charge on any atom is -0.363 e. The number of sulfonamides is 1. The van der Waals surface area contributed by atoms with E-state index in [1.54, 1.807) is 0 Å². The van der Waals surface area contributed by atoms with Crippen LogP contribution in [0.2, 0.25) is 0 Å². The van der Waals surface area contributed by atoms with Crippen molar-refractivity contribution in [3.63, 3.8) is 0 Å². The molecule has 0 bridgehead atoms. The lowest BCUT2D eigenvalue weighted by Gasteiger charge is -2.05. The molecular formula is C11H10N2O4S. The summed E-state index contributed by atoms with van der Waals surface area (Å²) in [5, 5.41) is 3.45. The van der Waals surface area contributed by atoms with E-state index in [-0.39, 0.29) is 16.5 Å². The molecule has 1 heterocycles. The lowest BCUT2D eigenvalue weighted by molar-refractivity contribution is 0.101. The van der Waals surface area contributed by atoms with Crippen molar-refractivity contribution in [1.82, 2.24) is 5.16 Å². The van der Waals surface area contributed by atoms with Crippen LogP contribution in [0, 0.1) is 0 Å². The Kier molecular flexibility index (Phi) is 3.15. The van der Waals surface area contributed by atoms with E-state index >= 15 is 0 Å². The highest BCUT2D eigenvalue weighted by atomic mass is 32.2. The Labute approximate surface area is 104 Å². The maximum absolute atomic E-state index is 11.9. The van der Waals surface area contributed by atoms with Gasteiger partial charge in [-0.25, -0.2) is 8.42 Å². The molecule has 0 aliphatic carbocycles. The smallest absolute Gasteiger partial charge is 0.263 e. The Morgan fingerprint density at radius 1 is 1.22 bits per heavy atom. The van der Waals surface area contributed by atoms with Crippen molar-refractivity contribution in [3.05, 3.63) is 42.2 Å². The van der Waals surface area contributed by atoms with E-state index in [0.717, 1.165) is 0 Å². The van der Waals surface area contributed by atoms with Gasteiger partial charge in [0.1, 0.15) is 6.26 Å². The average Bonchev–Trinajstić information content (AvgIpc) is 2.81. The summed E-state index contributed by atoms with van der Waals surface area (Å²) in [5.41, 5.74) is 0.454. The van der Waals surface area contributed by atoms with Crippen LogP contribution in [-0.2, 0) is 10.0 Å². The second-order valence-electron chi connectivity index (χ2n) is 3.57. The topological polar surface area (TPSA) is 89.3 Å². The standard InChI is InChI=1S/C11H10N2O4S/c1-8(14)9-2-4-10(5-3-9)18(15,16)13-11-6-7-17-12-11/h2-7H,1H3,(H,12,13). The van der Waals surface area contributed by atoms with Crippen LogP contribution in [-0.4, -0.2) is 19.4 Å². The van der Waals surface area contributed by atoms with E-state index in [2.05, 4.69) is 14.4 Å². The summed E-state index contributed by atoms with van der Waals surface area (Å²) < 4.78 is 30.6. The van der Waals surface area contributed by atoms with Gasteiger partial charge in [0.15, 0.2) is 11.6 Å². The minimum absolute atomic E-state index is 0.0514. The van der Waals surface area contributed by atoms with E-state index in [0.29, 0.717) is 5.56 Å². The number of carbonyl (C=O) groups is 1. The van der Waals surface area contributed by atoms with Gasteiger partial charge in [-0.2, -0.15) is 0 Å². The van der Waals surface area contributed by atoms with Crippen molar-refractivity contribution in [2.24, 2.45) is 0 Å². The summed E-state index contributed by atoms with van der Waals surface area (Å²) >= 11 is 0. The number of benzene rings is 1. The van der Waals surface area contributed by atoms with E-state index in [9.17, 15) is 13.2 Å². The zero-order valence-corrected chi connectivity index (χ0v) is 10.3. The quantitative estimate of drug-likeness (QED) is 0.850. The van der Waals surface area contributed by atoms with Gasteiger partial charge >= 0.3 is 0 Å². The first-order valence-corrected chi connectivity index (χ1v) is 6.51. The molecule has 0 aliphatic heterocycles. The van der Waals surface area contributed by atoms with E-state index < -0.39 is 10.0 Å². The van der Waals surface area contributed by atoms with Gasteiger partial charge in [-0.05, 0) is 19.1 Å². The molecule has 94 valence electrons. The molecule has 18 heavy (non-hydrogen) atoms. The summed E-state index contributed by atoms with van der Waals surface area (Å²) in [5.74, 6) is -0.0194. The number of hydrogen-bond donors (Lipinski definition) is 1. The van der Waals surface area contributed by atoms with E-state index in [4.69, 9.17) is 0 Å². The molecule has 2 aromatic rings. The Bertz CT molecular complexity index is 645. The number of ketones is 1. The van der Waals surface area contributed by atoms with Crippen molar-refractivity contribution in [2.45, 2.75) is 11.8 Å². The third kappa shape index (κ3) is 2.57. The predicted molar refractivity (Wildman–Crippen MR) is 63.8 cm³/mol. The van der Waals surface area contributed by atoms with Crippen LogP contribution in [0.4, 0.5) is 5.82 Å². The van der Waals surface area contributed by atoms with Crippen molar-refractivity contribution >= 4 is 21.6 Å². The van der Waals surface area contributed by atoms with Gasteiger partial charge in [0.05, 0.1) is 4.90 Å². The number of carbonyl (C=O) groups excluding carboxylic acids is 1. The fraction of sp³-hybridized carbons (Fsp3) is 0.0909. The lowest BCUT2D eigenvalue weighted by Crippen LogP contribution is -2.13. The van der Waals surface area contributed by atoms with Crippen LogP contribution in [0.25, 0.3) is 0 Å². The molecule has 1 aromatic heterocycles. The Balaban J connectivity index is 2.27. The number of aromatic nitrogens is 1. The van der Waals surface area contributed by atoms with Crippen molar-refractivity contribution in [3.8, 4) is 0 Å². The highest BCUT2D eigenvalue weighted by Gasteiger charge is 2.15. The fourth-order valence-electron chi connectivity index (χ4n) is 1.33. The van der Waals surface area contributed by atoms with Crippen LogP contribution in [0.1, 0.15) is 17.3 Å². The number of anilines is 1. The normalized spacial score (nSPS) is 11.2. The van der Waals surface area contributed by atoms with Gasteiger partial charge < -0.3 is 4.52 Å². The number of hydrogen-bond acceptors (Lipinski definition) is 5. The first-order valence-electron chi connectivity index (χ1n) is 5.03. The van der Waals surface area contributed by atoms with Gasteiger partial charge in [0.2, 0.25) is 0 Å². The zero-order valence-electron chi connectivity index (χ0n) is 9.45. The molecule has 0 amide bonds. The number of Topliss-reactive ketones (excluding diaryl/α,β-unsaturated/α-hetero) is 1. The highest BCUT2D eigenvalue weighted by molar-refractivity contribution is 7.92. The van der Waals surface area contributed by atoms with Gasteiger partial charge in [-0.1, -0.05) is 17.3 Å². The maximum atomic E-state index is 11.9. The second-order valence-corrected chi connectivity index (χ2v) is 5.25. The number of nitrogens with one attached hydrogen (secondary N) is 1. The molecule has 6 nitrogen and oxygen atoms in total. The monoisotopic (exact) mass is 266 g/mol. The predicted octanol–water partition coefficient (Wildman–Crippen LogP) is 1.68. The molecule has 0 saturated heterocycles. The molecule has 0 spiro atoms. The second kappa shape index (κ2) is 4.61. The molecular weight excluding hydrogens is 256 g/mol. The van der Waals surface area contributed by atoms with Crippen molar-refractivity contribution in [1.29, 1.82) is 0 Å². The number of rotatable bonds is 4. The van der Waals surface area contributed by atoms with Crippen molar-refractivity contribution < 1.29 is 17.7 Å². The molecule has 0 atom stereocenters. The zero-order chi connectivity index (χ0) is 13.2. The van der Waals surface area contributed by atoms with Crippen LogP contribution in [0.15, 0.2) is 46.0 Å². The molecule has 7 heteroatoms. The first kappa shape index (κ1) is 12.3. The van der Waals surface area contributed by atoms with Crippen LogP contribution < -0.4 is 4.72 Å². The molecule has 0 fully saturated rings. The summed E-state index contributed by atoms with van der Waals surface area (Å²) in [7, 11) is -3.71. The fourth-order valence-corrected chi connectivity index (χ4v) is 2.32. The molecule has 0 radical (unpaired) electrons. The molecule has 0 saturated carbocycles. The summed E-state index contributed by atoms with van der Waals surface area (Å²) in [6.45, 7) is 1.41. The summed E-state index contributed by atoms with van der Waals surface area (Å²) in [6, 6.07) is 7.03. The summed E-state index contributed by atoms with van der Waals surface area (Å²) in [4.78, 5) is 11.1. The Morgan fingerprint density at radius 3 is 2.39 bits per heavy atom. The van der Waals surface area contributed by atoms with Gasteiger partial charge in [-0.15, -0.1) is 0 Å². The Morgan fingerprint density at radius 2 is 1.89 bits per heavy atom. The Hall–Kier alpha value is -2.15. The van der Waals surface area contributed by atoms with E-state index in [1.165, 1.54) is 43.5 Å². The van der Waals surface area contributed by atoms with Crippen LogP contribution >= 0.6 is 0 Å². The molecule has 2 rings (SSSR count). The molecule has 0 aliphatic rings. The van der Waals surface area contributed by atoms with Gasteiger partial charge in [-0.3, -0.25) is 9.52 Å². The van der Waals surface area contributed by atoms with E-state index in [1.807, 2.05) is 0 Å². The summed E-state index contributed by atoms with van der Waals surface area (Å²) in [6.07, 6.45) is 1.26. The van der Waals surface area contributed by atoms with Gasteiger partial charge in [0, 0.05) is 11.6 Å². The van der Waals surface area contributed by atoms with Gasteiger partial charge in [0.25, 0.3) is 10.0 Å². The van der Waals surface area contributed by atoms with Crippen LogP contribution in [0.3, 0.4) is 0 Å². The average molecular weight is 266 g/mol. The minimum atomic E-state index is -3.71. The lowest BCUT2D eigenvalue weighted by atomic mass is 10.2. The van der Waals surface area contributed by atoms with Crippen LogP contribution in [0.5, 0.6) is 0 Å². The van der Waals surface area contributed by atoms with Crippen molar-refractivity contribution in [2.75, 3.05) is 4.72 Å². The maximum Gasteiger partial charge on any atom is 0.263 e. The highest BCUT2D eigenvalue weighted by Crippen LogP contribution is 2.15. The first-order chi connectivity index (χ1) is 8.49. The molecule has 1 aromatic carbocycles. The SMILES string of the molecule is CC(=O)c1ccc(S(=O)(=O)Nc2ccon2)cc1. The third-order valence-corrected chi connectivity index (χ3v) is 3.62. The largest absolute Gasteiger partial charge is 0.363 e. The molecule has 1 N–H and O–H groups in total.